The lowest BCUT2D eigenvalue weighted by molar-refractivity contribution is -0.0367. The van der Waals surface area contributed by atoms with Crippen LogP contribution in [0.25, 0.3) is 28.2 Å². The number of aromatic nitrogens is 5. The van der Waals surface area contributed by atoms with Gasteiger partial charge in [0, 0.05) is 19.0 Å². The van der Waals surface area contributed by atoms with E-state index in [1.54, 1.807) is 25.5 Å². The third-order valence-corrected chi connectivity index (χ3v) is 4.43. The van der Waals surface area contributed by atoms with Gasteiger partial charge in [0.25, 0.3) is 0 Å². The first-order chi connectivity index (χ1) is 11.7. The minimum absolute atomic E-state index is 0.0607. The number of rotatable bonds is 3. The molecule has 1 aliphatic heterocycles. The predicted molar refractivity (Wildman–Crippen MR) is 90.3 cm³/mol. The number of hydrogen-bond donors (Lipinski definition) is 1. The highest BCUT2D eigenvalue weighted by Gasteiger charge is 2.21. The molecule has 7 heteroatoms. The molecule has 1 fully saturated rings. The molecule has 4 heterocycles. The van der Waals surface area contributed by atoms with Gasteiger partial charge in [-0.2, -0.15) is 10.2 Å². The second-order valence-electron chi connectivity index (χ2n) is 5.95. The zero-order valence-electron chi connectivity index (χ0n) is 13.5. The fraction of sp³-hybridized carbons (Fsp3) is 0.353. The number of fused-ring (bicyclic) bond motifs is 1. The van der Waals surface area contributed by atoms with Crippen molar-refractivity contribution in [2.45, 2.75) is 25.5 Å². The van der Waals surface area contributed by atoms with Gasteiger partial charge in [0.15, 0.2) is 6.23 Å². The van der Waals surface area contributed by atoms with Crippen LogP contribution in [-0.4, -0.2) is 36.3 Å². The molecular weight excluding hydrogens is 306 g/mol. The van der Waals surface area contributed by atoms with Crippen LogP contribution in [0.15, 0.2) is 25.0 Å². The fourth-order valence-electron chi connectivity index (χ4n) is 3.11. The molecule has 1 saturated heterocycles. The molecule has 4 rings (SSSR count). The average Bonchev–Trinajstić information content (AvgIpc) is 3.16. The van der Waals surface area contributed by atoms with Gasteiger partial charge in [-0.05, 0) is 31.4 Å². The number of hydrogen-bond acceptors (Lipinski definition) is 5. The number of aryl methyl sites for hydroxylation is 1. The van der Waals surface area contributed by atoms with Crippen LogP contribution in [0.4, 0.5) is 0 Å². The Kier molecular flexibility index (Phi) is 3.57. The van der Waals surface area contributed by atoms with E-state index in [2.05, 4.69) is 21.8 Å². The molecular formula is C17H19N5O2. The van der Waals surface area contributed by atoms with Crippen molar-refractivity contribution >= 4 is 17.0 Å². The highest BCUT2D eigenvalue weighted by atomic mass is 16.5. The highest BCUT2D eigenvalue weighted by Crippen LogP contribution is 2.32. The third kappa shape index (κ3) is 2.28. The Morgan fingerprint density at radius 1 is 1.38 bits per heavy atom. The summed E-state index contributed by atoms with van der Waals surface area (Å²) in [5, 5.41) is 19.7. The molecule has 1 aliphatic rings. The van der Waals surface area contributed by atoms with Gasteiger partial charge in [-0.1, -0.05) is 6.58 Å². The zero-order chi connectivity index (χ0) is 16.7. The van der Waals surface area contributed by atoms with Gasteiger partial charge in [-0.3, -0.25) is 4.98 Å². The number of ether oxygens (including phenoxy) is 1. The van der Waals surface area contributed by atoms with E-state index in [9.17, 15) is 5.11 Å². The minimum atomic E-state index is -0.0607. The lowest BCUT2D eigenvalue weighted by Crippen LogP contribution is -2.19. The monoisotopic (exact) mass is 325 g/mol. The van der Waals surface area contributed by atoms with Crippen LogP contribution in [0.5, 0.6) is 5.88 Å². The van der Waals surface area contributed by atoms with Crippen LogP contribution in [0.1, 0.15) is 31.2 Å². The van der Waals surface area contributed by atoms with E-state index in [0.29, 0.717) is 11.3 Å². The van der Waals surface area contributed by atoms with Crippen molar-refractivity contribution in [1.29, 1.82) is 0 Å². The van der Waals surface area contributed by atoms with Crippen molar-refractivity contribution in [2.24, 2.45) is 7.05 Å². The van der Waals surface area contributed by atoms with Crippen molar-refractivity contribution in [2.75, 3.05) is 6.61 Å². The maximum Gasteiger partial charge on any atom is 0.218 e. The van der Waals surface area contributed by atoms with Gasteiger partial charge < -0.3 is 9.84 Å². The third-order valence-electron chi connectivity index (χ3n) is 4.43. The molecule has 0 saturated carbocycles. The molecule has 0 aliphatic carbocycles. The van der Waals surface area contributed by atoms with E-state index in [1.807, 2.05) is 10.7 Å². The predicted octanol–water partition coefficient (Wildman–Crippen LogP) is 2.88. The summed E-state index contributed by atoms with van der Waals surface area (Å²) < 4.78 is 9.16. The Morgan fingerprint density at radius 3 is 2.92 bits per heavy atom. The minimum Gasteiger partial charge on any atom is -0.493 e. The standard InChI is InChI=1S/C17H19N5O2/c1-3-13-11-8-14(12-9-19-21(2)17(12)23)18-10-15(11)22(20-13)16-6-4-5-7-24-16/h3,8-10,16,23H,1,4-7H2,2H3. The molecule has 1 atom stereocenters. The first-order valence-corrected chi connectivity index (χ1v) is 8.02. The fourth-order valence-corrected chi connectivity index (χ4v) is 3.11. The van der Waals surface area contributed by atoms with Crippen LogP contribution in [0.2, 0.25) is 0 Å². The van der Waals surface area contributed by atoms with E-state index in [-0.39, 0.29) is 12.1 Å². The van der Waals surface area contributed by atoms with E-state index >= 15 is 0 Å². The largest absolute Gasteiger partial charge is 0.493 e. The molecule has 0 bridgehead atoms. The molecule has 3 aromatic rings. The average molecular weight is 325 g/mol. The van der Waals surface area contributed by atoms with Crippen molar-refractivity contribution < 1.29 is 9.84 Å². The van der Waals surface area contributed by atoms with Gasteiger partial charge in [0.2, 0.25) is 5.88 Å². The van der Waals surface area contributed by atoms with Gasteiger partial charge in [-0.25, -0.2) is 9.36 Å². The Morgan fingerprint density at radius 2 is 2.25 bits per heavy atom. The van der Waals surface area contributed by atoms with Crippen LogP contribution in [0.3, 0.4) is 0 Å². The molecule has 1 N–H and O–H groups in total. The lowest BCUT2D eigenvalue weighted by atomic mass is 10.1. The van der Waals surface area contributed by atoms with Crippen molar-refractivity contribution in [1.82, 2.24) is 24.5 Å². The smallest absolute Gasteiger partial charge is 0.218 e. The SMILES string of the molecule is C=Cc1nn(C2CCCCO2)c2cnc(-c3cnn(C)c3O)cc12. The molecule has 7 nitrogen and oxygen atoms in total. The Labute approximate surface area is 139 Å². The molecule has 0 spiro atoms. The topological polar surface area (TPSA) is 78.0 Å². The molecule has 124 valence electrons. The molecule has 24 heavy (non-hydrogen) atoms. The molecule has 0 amide bonds. The quantitative estimate of drug-likeness (QED) is 0.801. The molecule has 3 aromatic heterocycles. The molecule has 0 aromatic carbocycles. The summed E-state index contributed by atoms with van der Waals surface area (Å²) in [4.78, 5) is 4.49. The lowest BCUT2D eigenvalue weighted by Gasteiger charge is -2.23. The second-order valence-corrected chi connectivity index (χ2v) is 5.95. The zero-order valence-corrected chi connectivity index (χ0v) is 13.5. The summed E-state index contributed by atoms with van der Waals surface area (Å²) in [5.41, 5.74) is 2.94. The van der Waals surface area contributed by atoms with Crippen LogP contribution < -0.4 is 0 Å². The van der Waals surface area contributed by atoms with E-state index in [0.717, 1.165) is 42.5 Å². The van der Waals surface area contributed by atoms with Gasteiger partial charge in [0.1, 0.15) is 0 Å². The van der Waals surface area contributed by atoms with Crippen LogP contribution in [-0.2, 0) is 11.8 Å². The van der Waals surface area contributed by atoms with Crippen molar-refractivity contribution in [3.8, 4) is 17.1 Å². The van der Waals surface area contributed by atoms with Crippen molar-refractivity contribution in [3.63, 3.8) is 0 Å². The number of aromatic hydroxyl groups is 1. The normalized spacial score (nSPS) is 18.1. The first kappa shape index (κ1) is 14.9. The highest BCUT2D eigenvalue weighted by molar-refractivity contribution is 5.89. The van der Waals surface area contributed by atoms with Crippen molar-refractivity contribution in [3.05, 3.63) is 30.7 Å². The summed E-state index contributed by atoms with van der Waals surface area (Å²) in [6, 6.07) is 1.91. The summed E-state index contributed by atoms with van der Waals surface area (Å²) in [6.07, 6.45) is 8.21. The van der Waals surface area contributed by atoms with Gasteiger partial charge in [0.05, 0.1) is 34.9 Å². The second kappa shape index (κ2) is 5.76. The molecule has 0 radical (unpaired) electrons. The van der Waals surface area contributed by atoms with E-state index < -0.39 is 0 Å². The van der Waals surface area contributed by atoms with Gasteiger partial charge >= 0.3 is 0 Å². The maximum atomic E-state index is 10.1. The Hall–Kier alpha value is -2.67. The van der Waals surface area contributed by atoms with E-state index in [1.165, 1.54) is 4.68 Å². The summed E-state index contributed by atoms with van der Waals surface area (Å²) >= 11 is 0. The number of nitrogens with zero attached hydrogens (tertiary/aromatic N) is 5. The van der Waals surface area contributed by atoms with Crippen LogP contribution >= 0.6 is 0 Å². The summed E-state index contributed by atoms with van der Waals surface area (Å²) in [7, 11) is 1.69. The maximum absolute atomic E-state index is 10.1. The number of pyridine rings is 1. The summed E-state index contributed by atoms with van der Waals surface area (Å²) in [6.45, 7) is 4.62. The van der Waals surface area contributed by atoms with Gasteiger partial charge in [-0.15, -0.1) is 0 Å². The summed E-state index contributed by atoms with van der Waals surface area (Å²) in [5.74, 6) is 0.0880. The first-order valence-electron chi connectivity index (χ1n) is 8.02. The molecule has 1 unspecified atom stereocenters. The van der Waals surface area contributed by atoms with Crippen LogP contribution in [0, 0.1) is 0 Å². The van der Waals surface area contributed by atoms with E-state index in [4.69, 9.17) is 4.74 Å². The Bertz CT molecular complexity index is 905. The Balaban J connectivity index is 1.84.